The molecule has 3 aromatic rings. The number of hydrogen-bond donors (Lipinski definition) is 2. The Morgan fingerprint density at radius 1 is 1.05 bits per heavy atom. The number of thioether (sulfide) groups is 1. The van der Waals surface area contributed by atoms with Crippen LogP contribution in [0.25, 0.3) is 11.1 Å². The normalized spacial score (nSPS) is 14.8. The third-order valence-electron chi connectivity index (χ3n) is 7.18. The lowest BCUT2D eigenvalue weighted by Crippen LogP contribution is -2.41. The van der Waals surface area contributed by atoms with Crippen LogP contribution in [0.1, 0.15) is 77.4 Å². The molecule has 2 N–H and O–H groups in total. The molecule has 1 heterocycles. The van der Waals surface area contributed by atoms with Crippen molar-refractivity contribution < 1.29 is 23.8 Å². The molecule has 6 nitrogen and oxygen atoms in total. The van der Waals surface area contributed by atoms with Crippen molar-refractivity contribution in [3.05, 3.63) is 82.8 Å². The minimum atomic E-state index is -1.03. The van der Waals surface area contributed by atoms with E-state index in [0.29, 0.717) is 36.9 Å². The molecular formula is C31H37NO5S. The van der Waals surface area contributed by atoms with Crippen LogP contribution in [0.4, 0.5) is 0 Å². The van der Waals surface area contributed by atoms with Crippen LogP contribution in [0.2, 0.25) is 0 Å². The number of aryl methyl sites for hydroxylation is 1. The number of carbonyl (C=O) groups excluding carboxylic acids is 1. The number of benzene rings is 2. The highest BCUT2D eigenvalue weighted by Gasteiger charge is 2.23. The molecule has 0 spiro atoms. The van der Waals surface area contributed by atoms with Crippen LogP contribution < -0.4 is 5.32 Å². The predicted octanol–water partition coefficient (Wildman–Crippen LogP) is 6.96. The summed E-state index contributed by atoms with van der Waals surface area (Å²) in [6.45, 7) is 2.75. The zero-order chi connectivity index (χ0) is 26.9. The number of hydrogen-bond acceptors (Lipinski definition) is 5. The van der Waals surface area contributed by atoms with Crippen molar-refractivity contribution in [2.24, 2.45) is 0 Å². The van der Waals surface area contributed by atoms with E-state index in [1.165, 1.54) is 32.1 Å². The number of carboxylic acids is 1. The van der Waals surface area contributed by atoms with Gasteiger partial charge in [0.05, 0.1) is 6.61 Å². The highest BCUT2D eigenvalue weighted by atomic mass is 32.2. The molecule has 1 aliphatic rings. The summed E-state index contributed by atoms with van der Waals surface area (Å²) in [4.78, 5) is 25.0. The highest BCUT2D eigenvalue weighted by molar-refractivity contribution is 7.98. The van der Waals surface area contributed by atoms with Crippen LogP contribution in [0.5, 0.6) is 0 Å². The molecule has 1 amide bonds. The van der Waals surface area contributed by atoms with Gasteiger partial charge in [0.2, 0.25) is 0 Å². The van der Waals surface area contributed by atoms with Gasteiger partial charge in [0, 0.05) is 11.5 Å². The van der Waals surface area contributed by atoms with E-state index in [2.05, 4.69) is 11.4 Å². The molecule has 0 bridgehead atoms. The number of amides is 1. The van der Waals surface area contributed by atoms with Gasteiger partial charge >= 0.3 is 5.97 Å². The van der Waals surface area contributed by atoms with Gasteiger partial charge in [0.15, 0.2) is 0 Å². The average Bonchev–Trinajstić information content (AvgIpc) is 3.40. The van der Waals surface area contributed by atoms with Crippen LogP contribution in [-0.2, 0) is 22.7 Å². The smallest absolute Gasteiger partial charge is 0.326 e. The average molecular weight is 536 g/mol. The molecule has 1 atom stereocenters. The summed E-state index contributed by atoms with van der Waals surface area (Å²) in [5.41, 5.74) is 4.09. The maximum Gasteiger partial charge on any atom is 0.326 e. The van der Waals surface area contributed by atoms with Crippen LogP contribution in [-0.4, -0.2) is 35.0 Å². The second-order valence-corrected chi connectivity index (χ2v) is 11.0. The van der Waals surface area contributed by atoms with Crippen molar-refractivity contribution in [3.8, 4) is 11.1 Å². The first-order chi connectivity index (χ1) is 18.5. The van der Waals surface area contributed by atoms with Gasteiger partial charge in [-0.25, -0.2) is 4.79 Å². The quantitative estimate of drug-likeness (QED) is 0.261. The summed E-state index contributed by atoms with van der Waals surface area (Å²) in [6, 6.07) is 16.6. The largest absolute Gasteiger partial charge is 0.480 e. The summed E-state index contributed by atoms with van der Waals surface area (Å²) < 4.78 is 12.1. The van der Waals surface area contributed by atoms with E-state index in [0.717, 1.165) is 33.8 Å². The molecule has 0 aliphatic heterocycles. The van der Waals surface area contributed by atoms with Gasteiger partial charge in [-0.15, -0.1) is 0 Å². The number of ether oxygens (including phenoxy) is 1. The van der Waals surface area contributed by atoms with Crippen molar-refractivity contribution in [2.45, 2.75) is 70.6 Å². The number of rotatable bonds is 12. The van der Waals surface area contributed by atoms with Crippen LogP contribution >= 0.6 is 11.8 Å². The second kappa shape index (κ2) is 13.7. The first-order valence-electron chi connectivity index (χ1n) is 13.3. The van der Waals surface area contributed by atoms with E-state index in [4.69, 9.17) is 9.15 Å². The van der Waals surface area contributed by atoms with E-state index in [-0.39, 0.29) is 0 Å². The lowest BCUT2D eigenvalue weighted by molar-refractivity contribution is -0.139. The molecule has 2 aromatic carbocycles. The highest BCUT2D eigenvalue weighted by Crippen LogP contribution is 2.34. The van der Waals surface area contributed by atoms with Gasteiger partial charge < -0.3 is 19.6 Å². The zero-order valence-electron chi connectivity index (χ0n) is 22.2. The Hall–Kier alpha value is -3.03. The number of carboxylic acid groups (broad SMARTS) is 1. The van der Waals surface area contributed by atoms with Gasteiger partial charge in [0.25, 0.3) is 5.91 Å². The Bertz CT molecular complexity index is 1230. The van der Waals surface area contributed by atoms with Gasteiger partial charge in [-0.1, -0.05) is 49.6 Å². The van der Waals surface area contributed by atoms with Crippen molar-refractivity contribution in [1.82, 2.24) is 5.32 Å². The first kappa shape index (κ1) is 28.0. The molecule has 0 saturated heterocycles. The summed E-state index contributed by atoms with van der Waals surface area (Å²) >= 11 is 1.55. The van der Waals surface area contributed by atoms with E-state index >= 15 is 0 Å². The molecular weight excluding hydrogens is 498 g/mol. The fourth-order valence-electron chi connectivity index (χ4n) is 5.05. The SMILES string of the molecule is CSCCC(NC(=O)c1ccc(COCc2ccc(C3CCCCC3)o2)cc1-c1ccccc1C)C(=O)O. The minimum absolute atomic E-state index is 0.364. The monoisotopic (exact) mass is 535 g/mol. The predicted molar refractivity (Wildman–Crippen MR) is 152 cm³/mol. The summed E-state index contributed by atoms with van der Waals surface area (Å²) in [6.07, 6.45) is 8.52. The first-order valence-corrected chi connectivity index (χ1v) is 14.7. The molecule has 1 aromatic heterocycles. The Morgan fingerprint density at radius 3 is 2.58 bits per heavy atom. The lowest BCUT2D eigenvalue weighted by atomic mass is 9.88. The van der Waals surface area contributed by atoms with E-state index in [9.17, 15) is 14.7 Å². The van der Waals surface area contributed by atoms with E-state index < -0.39 is 17.9 Å². The second-order valence-electron chi connectivity index (χ2n) is 9.97. The van der Waals surface area contributed by atoms with E-state index in [1.54, 1.807) is 17.8 Å². The van der Waals surface area contributed by atoms with Crippen LogP contribution in [0.15, 0.2) is 59.0 Å². The minimum Gasteiger partial charge on any atom is -0.480 e. The van der Waals surface area contributed by atoms with Gasteiger partial charge in [-0.05, 0) is 84.7 Å². The van der Waals surface area contributed by atoms with Crippen LogP contribution in [0, 0.1) is 6.92 Å². The lowest BCUT2D eigenvalue weighted by Gasteiger charge is -2.19. The summed E-state index contributed by atoms with van der Waals surface area (Å²) in [5, 5.41) is 12.3. The maximum atomic E-state index is 13.2. The molecule has 0 radical (unpaired) electrons. The van der Waals surface area contributed by atoms with Crippen LogP contribution in [0.3, 0.4) is 0 Å². The molecule has 1 saturated carbocycles. The third-order valence-corrected chi connectivity index (χ3v) is 7.82. The molecule has 4 rings (SSSR count). The van der Waals surface area contributed by atoms with Crippen molar-refractivity contribution in [3.63, 3.8) is 0 Å². The van der Waals surface area contributed by atoms with E-state index in [1.807, 2.05) is 55.6 Å². The van der Waals surface area contributed by atoms with Crippen molar-refractivity contribution in [2.75, 3.05) is 12.0 Å². The molecule has 1 unspecified atom stereocenters. The summed E-state index contributed by atoms with van der Waals surface area (Å²) in [5.74, 6) is 1.64. The number of nitrogens with one attached hydrogen (secondary N) is 1. The number of carbonyl (C=O) groups is 2. The zero-order valence-corrected chi connectivity index (χ0v) is 23.0. The topological polar surface area (TPSA) is 88.8 Å². The number of furan rings is 1. The number of aliphatic carboxylic acids is 1. The Labute approximate surface area is 229 Å². The maximum absolute atomic E-state index is 13.2. The molecule has 38 heavy (non-hydrogen) atoms. The third kappa shape index (κ3) is 7.29. The van der Waals surface area contributed by atoms with Gasteiger partial charge in [0.1, 0.15) is 24.2 Å². The van der Waals surface area contributed by atoms with Crippen molar-refractivity contribution >= 4 is 23.6 Å². The molecule has 1 fully saturated rings. The van der Waals surface area contributed by atoms with Gasteiger partial charge in [-0.3, -0.25) is 4.79 Å². The standard InChI is InChI=1S/C31H37NO5S/c1-21-8-6-7-11-25(21)27-18-22(12-14-26(27)30(33)32-28(31(34)35)16-17-38-2)19-36-20-24-13-15-29(37-24)23-9-4-3-5-10-23/h6-8,11-15,18,23,28H,3-5,9-10,16-17,19-20H2,1-2H3,(H,32,33)(H,34,35). The Balaban J connectivity index is 1.48. The fourth-order valence-corrected chi connectivity index (χ4v) is 5.53. The fraction of sp³-hybridized carbons (Fsp3) is 0.419. The molecule has 1 aliphatic carbocycles. The van der Waals surface area contributed by atoms with Crippen molar-refractivity contribution in [1.29, 1.82) is 0 Å². The molecule has 7 heteroatoms. The Kier molecular flexibility index (Phi) is 10.1. The van der Waals surface area contributed by atoms with Gasteiger partial charge in [-0.2, -0.15) is 11.8 Å². The molecule has 202 valence electrons. The Morgan fingerprint density at radius 2 is 1.84 bits per heavy atom. The summed E-state index contributed by atoms with van der Waals surface area (Å²) in [7, 11) is 0.